The molecule has 2 aromatic carbocycles. The minimum atomic E-state index is -1.16. The zero-order chi connectivity index (χ0) is 30.5. The fourth-order valence-electron chi connectivity index (χ4n) is 7.18. The van der Waals surface area contributed by atoms with Gasteiger partial charge < -0.3 is 14.9 Å². The van der Waals surface area contributed by atoms with Crippen LogP contribution in [0, 0.1) is 5.82 Å². The minimum Gasteiger partial charge on any atom is -0.388 e. The van der Waals surface area contributed by atoms with E-state index in [0.717, 1.165) is 25.3 Å². The standard InChI is InChI=1S/C33H38FN7O3/c1-32-12-2-3-15-40(32)19-18-38(21-32)26-8-10-27(11-9-26)41-29-28(20-36-41)31(43)39(23-35-29)22-33(44)13-16-37(17-14-33)30(42)24-4-6-25(34)7-5-24/h4-11,20,23,44H,2-3,12-19,21-22H2,1H3/t32-/m1/s1. The molecule has 0 saturated carbocycles. The number of aliphatic hydroxyl groups is 1. The first-order valence-corrected chi connectivity index (χ1v) is 15.5. The number of benzene rings is 2. The maximum Gasteiger partial charge on any atom is 0.264 e. The van der Waals surface area contributed by atoms with Crippen molar-refractivity contribution >= 4 is 22.6 Å². The number of fused-ring (bicyclic) bond motifs is 2. The van der Waals surface area contributed by atoms with Crippen LogP contribution in [0.3, 0.4) is 0 Å². The van der Waals surface area contributed by atoms with E-state index in [0.29, 0.717) is 42.5 Å². The third kappa shape index (κ3) is 5.28. The molecule has 3 aliphatic rings. The highest BCUT2D eigenvalue weighted by atomic mass is 19.1. The molecule has 0 radical (unpaired) electrons. The second-order valence-electron chi connectivity index (χ2n) is 12.9. The molecule has 4 aromatic rings. The van der Waals surface area contributed by atoms with E-state index in [1.807, 2.05) is 12.1 Å². The molecule has 1 amide bonds. The van der Waals surface area contributed by atoms with Gasteiger partial charge in [0, 0.05) is 49.5 Å². The van der Waals surface area contributed by atoms with Crippen molar-refractivity contribution in [2.24, 2.45) is 0 Å². The van der Waals surface area contributed by atoms with E-state index in [1.165, 1.54) is 72.9 Å². The summed E-state index contributed by atoms with van der Waals surface area (Å²) in [4.78, 5) is 37.6. The molecule has 3 fully saturated rings. The summed E-state index contributed by atoms with van der Waals surface area (Å²) in [6, 6.07) is 13.7. The summed E-state index contributed by atoms with van der Waals surface area (Å²) in [6.07, 6.45) is 7.44. The lowest BCUT2D eigenvalue weighted by molar-refractivity contribution is -0.0299. The Hall–Kier alpha value is -4.09. The van der Waals surface area contributed by atoms with Crippen molar-refractivity contribution in [1.29, 1.82) is 0 Å². The van der Waals surface area contributed by atoms with Crippen LogP contribution < -0.4 is 10.5 Å². The third-order valence-corrected chi connectivity index (χ3v) is 9.88. The Morgan fingerprint density at radius 2 is 1.66 bits per heavy atom. The molecule has 230 valence electrons. The summed E-state index contributed by atoms with van der Waals surface area (Å²) in [6.45, 7) is 7.43. The second kappa shape index (κ2) is 11.1. The van der Waals surface area contributed by atoms with Crippen molar-refractivity contribution in [2.75, 3.05) is 44.2 Å². The number of anilines is 1. The van der Waals surface area contributed by atoms with E-state index >= 15 is 0 Å². The van der Waals surface area contributed by atoms with E-state index in [4.69, 9.17) is 0 Å². The first-order valence-electron chi connectivity index (χ1n) is 15.5. The maximum atomic E-state index is 13.4. The molecule has 2 aromatic heterocycles. The van der Waals surface area contributed by atoms with Gasteiger partial charge in [0.15, 0.2) is 5.65 Å². The number of halogens is 1. The summed E-state index contributed by atoms with van der Waals surface area (Å²) in [5.74, 6) is -0.596. The summed E-state index contributed by atoms with van der Waals surface area (Å²) in [5.41, 5.74) is 1.68. The predicted molar refractivity (Wildman–Crippen MR) is 166 cm³/mol. The lowest BCUT2D eigenvalue weighted by Crippen LogP contribution is -2.62. The summed E-state index contributed by atoms with van der Waals surface area (Å²) in [7, 11) is 0. The lowest BCUT2D eigenvalue weighted by Gasteiger charge is -2.52. The Morgan fingerprint density at radius 1 is 0.932 bits per heavy atom. The molecule has 1 atom stereocenters. The maximum absolute atomic E-state index is 13.4. The van der Waals surface area contributed by atoms with Gasteiger partial charge in [0.2, 0.25) is 0 Å². The second-order valence-corrected chi connectivity index (χ2v) is 12.9. The molecule has 3 aliphatic heterocycles. The molecule has 5 heterocycles. The van der Waals surface area contributed by atoms with E-state index < -0.39 is 11.4 Å². The first-order chi connectivity index (χ1) is 21.2. The highest BCUT2D eigenvalue weighted by molar-refractivity contribution is 5.94. The lowest BCUT2D eigenvalue weighted by atomic mass is 9.86. The topological polar surface area (TPSA) is 99.7 Å². The van der Waals surface area contributed by atoms with Gasteiger partial charge in [0.25, 0.3) is 11.5 Å². The SMILES string of the molecule is C[C@]12CCCCN1CCN(c1ccc(-n3ncc4c(=O)n(CC5(O)CCN(C(=O)c6ccc(F)cc6)CC5)cnc43)cc1)C2. The molecule has 0 unspecified atom stereocenters. The van der Waals surface area contributed by atoms with E-state index in [2.05, 4.69) is 38.9 Å². The predicted octanol–water partition coefficient (Wildman–Crippen LogP) is 3.45. The minimum absolute atomic E-state index is 0.0689. The third-order valence-electron chi connectivity index (χ3n) is 9.88. The Labute approximate surface area is 255 Å². The van der Waals surface area contributed by atoms with Crippen molar-refractivity contribution in [3.05, 3.63) is 82.8 Å². The van der Waals surface area contributed by atoms with Crippen molar-refractivity contribution in [3.63, 3.8) is 0 Å². The van der Waals surface area contributed by atoms with Gasteiger partial charge >= 0.3 is 0 Å². The molecule has 11 heteroatoms. The van der Waals surface area contributed by atoms with Crippen LogP contribution in [0.1, 0.15) is 49.4 Å². The summed E-state index contributed by atoms with van der Waals surface area (Å²) >= 11 is 0. The van der Waals surface area contributed by atoms with E-state index in [-0.39, 0.29) is 23.6 Å². The fourth-order valence-corrected chi connectivity index (χ4v) is 7.18. The van der Waals surface area contributed by atoms with E-state index in [1.54, 1.807) is 9.58 Å². The number of piperidine rings is 2. The molecule has 7 rings (SSSR count). The van der Waals surface area contributed by atoms with E-state index in [9.17, 15) is 19.1 Å². The normalized spacial score (nSPS) is 22.2. The van der Waals surface area contributed by atoms with Gasteiger partial charge in [-0.15, -0.1) is 0 Å². The number of hydrogen-bond donors (Lipinski definition) is 1. The Balaban J connectivity index is 1.03. The van der Waals surface area contributed by atoms with Crippen LogP contribution in [-0.4, -0.2) is 90.6 Å². The number of piperazine rings is 1. The van der Waals surface area contributed by atoms with Crippen LogP contribution in [0.4, 0.5) is 10.1 Å². The highest BCUT2D eigenvalue weighted by Gasteiger charge is 2.39. The van der Waals surface area contributed by atoms with Gasteiger partial charge in [-0.3, -0.25) is 19.1 Å². The molecular weight excluding hydrogens is 561 g/mol. The molecule has 1 N–H and O–H groups in total. The Morgan fingerprint density at radius 3 is 2.41 bits per heavy atom. The molecule has 0 bridgehead atoms. The highest BCUT2D eigenvalue weighted by Crippen LogP contribution is 2.33. The quantitative estimate of drug-likeness (QED) is 0.375. The van der Waals surface area contributed by atoms with Gasteiger partial charge in [-0.05, 0) is 87.7 Å². The summed E-state index contributed by atoms with van der Waals surface area (Å²) in [5, 5.41) is 16.2. The molecule has 10 nitrogen and oxygen atoms in total. The van der Waals surface area contributed by atoms with Gasteiger partial charge in [-0.1, -0.05) is 6.42 Å². The molecule has 44 heavy (non-hydrogen) atoms. The number of hydrogen-bond acceptors (Lipinski definition) is 7. The van der Waals surface area contributed by atoms with Gasteiger partial charge in [0.1, 0.15) is 17.5 Å². The number of rotatable bonds is 5. The number of amides is 1. The largest absolute Gasteiger partial charge is 0.388 e. The molecule has 0 aliphatic carbocycles. The number of nitrogens with zero attached hydrogens (tertiary/aromatic N) is 7. The molecule has 0 spiro atoms. The van der Waals surface area contributed by atoms with Crippen LogP contribution in [0.2, 0.25) is 0 Å². The molecule has 3 saturated heterocycles. The zero-order valence-electron chi connectivity index (χ0n) is 25.0. The Bertz CT molecular complexity index is 1730. The van der Waals surface area contributed by atoms with Crippen LogP contribution in [0.5, 0.6) is 0 Å². The first kappa shape index (κ1) is 28.7. The Kier molecular flexibility index (Phi) is 7.25. The van der Waals surface area contributed by atoms with Crippen LogP contribution in [-0.2, 0) is 6.54 Å². The number of aromatic nitrogens is 4. The monoisotopic (exact) mass is 599 g/mol. The van der Waals surface area contributed by atoms with Crippen molar-refractivity contribution in [1.82, 2.24) is 29.1 Å². The van der Waals surface area contributed by atoms with Crippen molar-refractivity contribution < 1.29 is 14.3 Å². The van der Waals surface area contributed by atoms with Crippen molar-refractivity contribution in [2.45, 2.75) is 56.7 Å². The number of carbonyl (C=O) groups is 1. The average Bonchev–Trinajstić information content (AvgIpc) is 3.47. The number of likely N-dealkylation sites (tertiary alicyclic amines) is 1. The van der Waals surface area contributed by atoms with Crippen LogP contribution >= 0.6 is 0 Å². The van der Waals surface area contributed by atoms with Crippen LogP contribution in [0.25, 0.3) is 16.7 Å². The number of carbonyl (C=O) groups excluding carboxylic acids is 1. The van der Waals surface area contributed by atoms with Gasteiger partial charge in [-0.2, -0.15) is 5.10 Å². The van der Waals surface area contributed by atoms with Gasteiger partial charge in [0.05, 0.1) is 24.0 Å². The molecular formula is C33H38FN7O3. The van der Waals surface area contributed by atoms with Crippen LogP contribution in [0.15, 0.2) is 65.8 Å². The van der Waals surface area contributed by atoms with Gasteiger partial charge in [-0.25, -0.2) is 14.1 Å². The average molecular weight is 600 g/mol. The smallest absolute Gasteiger partial charge is 0.264 e. The van der Waals surface area contributed by atoms with Crippen molar-refractivity contribution in [3.8, 4) is 5.69 Å². The summed E-state index contributed by atoms with van der Waals surface area (Å²) < 4.78 is 16.4. The zero-order valence-corrected chi connectivity index (χ0v) is 25.0. The fraction of sp³-hybridized carbons (Fsp3) is 0.455.